The molecule has 30 heteroatoms. The molecule has 1 fully saturated rings. The average Bonchev–Trinajstić information content (AvgIpc) is 3.16. The van der Waals surface area contributed by atoms with E-state index in [1.165, 1.54) is 33.4 Å². The van der Waals surface area contributed by atoms with Gasteiger partial charge in [-0.15, -0.1) is 0 Å². The van der Waals surface area contributed by atoms with Crippen molar-refractivity contribution in [3.05, 3.63) is 179 Å². The summed E-state index contributed by atoms with van der Waals surface area (Å²) in [5, 5.41) is 0. The van der Waals surface area contributed by atoms with E-state index >= 15 is 0 Å². The normalized spacial score (nSPS) is 24.6. The van der Waals surface area contributed by atoms with Gasteiger partial charge in [0, 0.05) is 36.4 Å². The Morgan fingerprint density at radius 3 is 0.444 bits per heavy atom. The number of hydrogen-bond donors (Lipinski definition) is 6. The first-order valence-corrected chi connectivity index (χ1v) is 29.2. The average molecular weight is 1120 g/mol. The van der Waals surface area contributed by atoms with Crippen LogP contribution in [0.1, 0.15) is 33.4 Å². The van der Waals surface area contributed by atoms with Crippen LogP contribution >= 0.6 is 46.9 Å². The van der Waals surface area contributed by atoms with Gasteiger partial charge < -0.3 is 63.8 Å². The third-order valence-electron chi connectivity index (χ3n) is 7.69. The monoisotopic (exact) mass is 1120 g/mol. The zero-order valence-corrected chi connectivity index (χ0v) is 45.5. The molecule has 0 bridgehead atoms. The standard InChI is InChI=1S/6C7H9N.H6O18P6/c6*1-6-3-2-4-7(8)5-6;1-19(2)13-20(3,4)15-22(7,8)17-24(11,12)18-23(9,10)16-21(5,6)14-19/h6*2-5H,8H2,1H3;(H,1,2)(H,3,4)(H,5,6)(H,7,8)(H,9,10)(H,11,12). The molecule has 0 atom stereocenters. The number of rotatable bonds is 0. The second kappa shape index (κ2) is 30.4. The van der Waals surface area contributed by atoms with Crippen molar-refractivity contribution in [2.24, 2.45) is 0 Å². The molecule has 0 aliphatic carbocycles. The van der Waals surface area contributed by atoms with E-state index in [1.54, 1.807) is 0 Å². The van der Waals surface area contributed by atoms with Gasteiger partial charge in [-0.05, 0) is 111 Å². The fourth-order valence-corrected chi connectivity index (χ4v) is 13.3. The van der Waals surface area contributed by atoms with Crippen molar-refractivity contribution in [1.82, 2.24) is 0 Å². The first kappa shape index (κ1) is 66.0. The van der Waals surface area contributed by atoms with Crippen molar-refractivity contribution in [2.45, 2.75) is 41.5 Å². The van der Waals surface area contributed by atoms with Crippen molar-refractivity contribution in [3.8, 4) is 0 Å². The highest BCUT2D eigenvalue weighted by atomic mass is 31.3. The molecule has 1 aliphatic rings. The SMILES string of the molecule is Cc1cccc([NH3+])c1.Cc1cccc([NH3+])c1.Cc1cccc([NH3+])c1.Cc1cccc([NH3+])c1.Cc1cccc([NH3+])c1.Cc1cccc([NH3+])c1.O=P1([O-])OP(=O)([O-])OP(=O)([O-])OP(=O)([O-])OP(=O)([O-])OP(=O)([O-])O1. The van der Waals surface area contributed by atoms with Gasteiger partial charge in [0.15, 0.2) is 0 Å². The number of hydrogen-bond acceptors (Lipinski definition) is 18. The predicted molar refractivity (Wildman–Crippen MR) is 255 cm³/mol. The Bertz CT molecular complexity index is 2330. The van der Waals surface area contributed by atoms with Gasteiger partial charge in [-0.2, -0.15) is 0 Å². The van der Waals surface area contributed by atoms with E-state index in [1.807, 2.05) is 72.8 Å². The molecular formula is C42H60N6O18P6. The molecule has 24 nitrogen and oxygen atoms in total. The largest absolute Gasteiger partial charge is 0.756 e. The van der Waals surface area contributed by atoms with Crippen LogP contribution in [0.5, 0.6) is 0 Å². The van der Waals surface area contributed by atoms with Gasteiger partial charge in [0.2, 0.25) is 0 Å². The minimum atomic E-state index is -6.56. The first-order valence-electron chi connectivity index (χ1n) is 20.4. The topological polar surface area (TPSA) is 462 Å². The number of benzene rings is 6. The predicted octanol–water partition coefficient (Wildman–Crippen LogP) is 2.12. The summed E-state index contributed by atoms with van der Waals surface area (Å²) in [6, 6.07) is 48.7. The maximum atomic E-state index is 11.0. The van der Waals surface area contributed by atoms with E-state index in [0.29, 0.717) is 0 Å². The van der Waals surface area contributed by atoms with Crippen molar-refractivity contribution < 1.29 is 117 Å². The van der Waals surface area contributed by atoms with Crippen molar-refractivity contribution in [2.75, 3.05) is 0 Å². The van der Waals surface area contributed by atoms with Crippen molar-refractivity contribution >= 4 is 81.1 Å². The van der Waals surface area contributed by atoms with Gasteiger partial charge in [-0.1, -0.05) is 72.8 Å². The van der Waals surface area contributed by atoms with Gasteiger partial charge in [0.25, 0.3) is 46.9 Å². The summed E-state index contributed by atoms with van der Waals surface area (Å²) in [5.41, 5.74) is 36.9. The molecule has 72 heavy (non-hydrogen) atoms. The Morgan fingerprint density at radius 1 is 0.264 bits per heavy atom. The van der Waals surface area contributed by atoms with Crippen LogP contribution in [-0.2, 0) is 53.3 Å². The summed E-state index contributed by atoms with van der Waals surface area (Å²) in [5.74, 6) is 0. The highest BCUT2D eigenvalue weighted by Gasteiger charge is 2.36. The summed E-state index contributed by atoms with van der Waals surface area (Å²) in [6.45, 7) is 12.4. The second-order valence-electron chi connectivity index (χ2n) is 15.1. The summed E-state index contributed by atoms with van der Waals surface area (Å²) < 4.78 is 83.4. The lowest BCUT2D eigenvalue weighted by molar-refractivity contribution is -0.264. The second-order valence-corrected chi connectivity index (χ2v) is 24.4. The molecular weight excluding hydrogens is 1060 g/mol. The van der Waals surface area contributed by atoms with Gasteiger partial charge in [-0.3, -0.25) is 27.4 Å². The molecule has 0 radical (unpaired) electrons. The Labute approximate surface area is 417 Å². The molecule has 0 spiro atoms. The van der Waals surface area contributed by atoms with E-state index in [2.05, 4.69) is 175 Å². The van der Waals surface area contributed by atoms with Gasteiger partial charge in [0.1, 0.15) is 34.1 Å². The lowest BCUT2D eigenvalue weighted by atomic mass is 10.2. The van der Waals surface area contributed by atoms with Gasteiger partial charge >= 0.3 is 0 Å². The molecule has 0 unspecified atom stereocenters. The Balaban J connectivity index is 0.000000450. The van der Waals surface area contributed by atoms with Crippen LogP contribution in [0.25, 0.3) is 0 Å². The van der Waals surface area contributed by atoms with Gasteiger partial charge in [-0.25, -0.2) is 25.9 Å². The Morgan fingerprint density at radius 2 is 0.375 bits per heavy atom. The van der Waals surface area contributed by atoms with E-state index < -0.39 is 46.9 Å². The highest BCUT2D eigenvalue weighted by molar-refractivity contribution is 7.73. The minimum absolute atomic E-state index is 1.09. The van der Waals surface area contributed by atoms with Crippen molar-refractivity contribution in [3.63, 3.8) is 0 Å². The first-order chi connectivity index (χ1) is 33.0. The molecule has 1 aliphatic heterocycles. The summed E-state index contributed by atoms with van der Waals surface area (Å²) >= 11 is 0. The quantitative estimate of drug-likeness (QED) is 0.119. The summed E-state index contributed by atoms with van der Waals surface area (Å²) in [7, 11) is -39.3. The lowest BCUT2D eigenvalue weighted by Gasteiger charge is -2.41. The summed E-state index contributed by atoms with van der Waals surface area (Å²) in [6.07, 6.45) is 0. The number of aryl methyl sites for hydroxylation is 6. The maximum absolute atomic E-state index is 11.0. The van der Waals surface area contributed by atoms with Crippen LogP contribution in [0.4, 0.5) is 34.1 Å². The van der Waals surface area contributed by atoms with Crippen LogP contribution in [-0.4, -0.2) is 0 Å². The van der Waals surface area contributed by atoms with Crippen LogP contribution in [0.2, 0.25) is 0 Å². The van der Waals surface area contributed by atoms with Crippen LogP contribution in [0.3, 0.4) is 0 Å². The molecule has 0 amide bonds. The maximum Gasteiger partial charge on any atom is 0.280 e. The molecule has 1 saturated heterocycles. The van der Waals surface area contributed by atoms with E-state index in [4.69, 9.17) is 0 Å². The molecule has 0 aromatic heterocycles. The van der Waals surface area contributed by atoms with E-state index in [9.17, 15) is 56.8 Å². The molecule has 1 heterocycles. The fraction of sp³-hybridized carbons (Fsp3) is 0.143. The molecule has 396 valence electrons. The lowest BCUT2D eigenvalue weighted by Crippen LogP contribution is -2.40. The van der Waals surface area contributed by atoms with E-state index in [0.717, 1.165) is 34.1 Å². The number of quaternary nitrogens is 6. The highest BCUT2D eigenvalue weighted by Crippen LogP contribution is 2.74. The van der Waals surface area contributed by atoms with Crippen LogP contribution in [0.15, 0.2) is 146 Å². The van der Waals surface area contributed by atoms with Crippen molar-refractivity contribution in [1.29, 1.82) is 0 Å². The van der Waals surface area contributed by atoms with Crippen LogP contribution in [0, 0.1) is 41.5 Å². The van der Waals surface area contributed by atoms with E-state index in [-0.39, 0.29) is 0 Å². The third-order valence-corrected chi connectivity index (χ3v) is 17.3. The van der Waals surface area contributed by atoms with Crippen LogP contribution < -0.4 is 63.8 Å². The smallest absolute Gasteiger partial charge is 0.280 e. The minimum Gasteiger partial charge on any atom is -0.756 e. The third kappa shape index (κ3) is 32.9. The molecule has 18 N–H and O–H groups in total. The Kier molecular flexibility index (Phi) is 27.8. The Hall–Kier alpha value is -4.02. The summed E-state index contributed by atoms with van der Waals surface area (Å²) in [4.78, 5) is 65.8. The molecule has 7 rings (SSSR count). The van der Waals surface area contributed by atoms with Gasteiger partial charge in [0.05, 0.1) is 0 Å². The zero-order chi connectivity index (χ0) is 55.1. The molecule has 0 saturated carbocycles. The fourth-order valence-electron chi connectivity index (χ4n) is 5.10. The zero-order valence-electron chi connectivity index (χ0n) is 40.1. The molecule has 6 aromatic carbocycles. The molecule has 6 aromatic rings. The number of phosphoric acid groups is 6.